The van der Waals surface area contributed by atoms with Gasteiger partial charge >= 0.3 is 0 Å². The topological polar surface area (TPSA) is 81.2 Å². The van der Waals surface area contributed by atoms with Gasteiger partial charge in [-0.1, -0.05) is 6.92 Å². The number of rotatable bonds is 5. The van der Waals surface area contributed by atoms with E-state index in [0.717, 1.165) is 44.4 Å². The van der Waals surface area contributed by atoms with Crippen LogP contribution in [0, 0.1) is 11.8 Å². The predicted octanol–water partition coefficient (Wildman–Crippen LogP) is 1.62. The maximum absolute atomic E-state index is 12.0. The largest absolute Gasteiger partial charge is 0.444 e. The summed E-state index contributed by atoms with van der Waals surface area (Å²) in [4.78, 5) is 16.2. The lowest BCUT2D eigenvalue weighted by molar-refractivity contribution is -0.126. The van der Waals surface area contributed by atoms with Crippen molar-refractivity contribution in [1.29, 1.82) is 0 Å². The molecule has 19 heavy (non-hydrogen) atoms. The molecule has 0 aliphatic heterocycles. The summed E-state index contributed by atoms with van der Waals surface area (Å²) < 4.78 is 5.46. The Morgan fingerprint density at radius 2 is 2.21 bits per heavy atom. The van der Waals surface area contributed by atoms with E-state index in [4.69, 9.17) is 10.2 Å². The molecule has 0 bridgehead atoms. The summed E-state index contributed by atoms with van der Waals surface area (Å²) in [6, 6.07) is 0. The third-order valence-corrected chi connectivity index (χ3v) is 3.91. The van der Waals surface area contributed by atoms with Crippen molar-refractivity contribution >= 4 is 5.91 Å². The van der Waals surface area contributed by atoms with Crippen LogP contribution in [0.25, 0.3) is 0 Å². The molecular weight excluding hydrogens is 242 g/mol. The maximum atomic E-state index is 12.0. The summed E-state index contributed by atoms with van der Waals surface area (Å²) in [6.07, 6.45) is 6.55. The standard InChI is InChI=1S/C14H23N3O2/c1-2-12-8-16-13(19-12)9-17-14(18)11-5-3-10(7-15)4-6-11/h8,10-11H,2-7,9,15H2,1H3,(H,17,18). The lowest BCUT2D eigenvalue weighted by atomic mass is 9.81. The van der Waals surface area contributed by atoms with Crippen molar-refractivity contribution in [2.45, 2.75) is 45.6 Å². The van der Waals surface area contributed by atoms with Crippen molar-refractivity contribution in [3.63, 3.8) is 0 Å². The normalized spacial score (nSPS) is 23.3. The van der Waals surface area contributed by atoms with Gasteiger partial charge in [0.2, 0.25) is 11.8 Å². The number of carbonyl (C=O) groups excluding carboxylic acids is 1. The van der Waals surface area contributed by atoms with E-state index in [1.54, 1.807) is 6.20 Å². The highest BCUT2D eigenvalue weighted by Gasteiger charge is 2.25. The molecule has 1 saturated carbocycles. The summed E-state index contributed by atoms with van der Waals surface area (Å²) in [5.74, 6) is 2.28. The number of nitrogens with two attached hydrogens (primary N) is 1. The number of aryl methyl sites for hydroxylation is 1. The fraction of sp³-hybridized carbons (Fsp3) is 0.714. The van der Waals surface area contributed by atoms with E-state index in [1.165, 1.54) is 0 Å². The monoisotopic (exact) mass is 265 g/mol. The highest BCUT2D eigenvalue weighted by molar-refractivity contribution is 5.78. The third kappa shape index (κ3) is 3.80. The Hall–Kier alpha value is -1.36. The Bertz CT molecular complexity index is 409. The van der Waals surface area contributed by atoms with Crippen LogP contribution in [0.5, 0.6) is 0 Å². The number of carbonyl (C=O) groups is 1. The lowest BCUT2D eigenvalue weighted by Crippen LogP contribution is -2.34. The number of aromatic nitrogens is 1. The van der Waals surface area contributed by atoms with E-state index in [1.807, 2.05) is 6.92 Å². The molecule has 0 saturated heterocycles. The molecule has 1 aliphatic rings. The first-order valence-corrected chi connectivity index (χ1v) is 7.14. The minimum atomic E-state index is 0.117. The average molecular weight is 265 g/mol. The molecule has 1 aliphatic carbocycles. The van der Waals surface area contributed by atoms with Crippen molar-refractivity contribution < 1.29 is 9.21 Å². The van der Waals surface area contributed by atoms with Gasteiger partial charge in [-0.3, -0.25) is 4.79 Å². The van der Waals surface area contributed by atoms with Gasteiger partial charge in [-0.25, -0.2) is 4.98 Å². The molecule has 1 aromatic rings. The zero-order chi connectivity index (χ0) is 13.7. The van der Waals surface area contributed by atoms with Crippen LogP contribution in [0.2, 0.25) is 0 Å². The number of nitrogens with zero attached hydrogens (tertiary/aromatic N) is 1. The van der Waals surface area contributed by atoms with Gasteiger partial charge in [-0.05, 0) is 38.1 Å². The molecular formula is C14H23N3O2. The second-order valence-electron chi connectivity index (χ2n) is 5.25. The van der Waals surface area contributed by atoms with Gasteiger partial charge in [0.1, 0.15) is 5.76 Å². The maximum Gasteiger partial charge on any atom is 0.223 e. The number of nitrogens with one attached hydrogen (secondary N) is 1. The summed E-state index contributed by atoms with van der Waals surface area (Å²) in [6.45, 7) is 3.14. The molecule has 3 N–H and O–H groups in total. The van der Waals surface area contributed by atoms with Crippen molar-refractivity contribution in [3.05, 3.63) is 17.8 Å². The highest BCUT2D eigenvalue weighted by atomic mass is 16.4. The van der Waals surface area contributed by atoms with E-state index in [9.17, 15) is 4.79 Å². The molecule has 1 fully saturated rings. The molecule has 5 heteroatoms. The van der Waals surface area contributed by atoms with Crippen LogP contribution in [0.1, 0.15) is 44.3 Å². The van der Waals surface area contributed by atoms with Crippen LogP contribution < -0.4 is 11.1 Å². The van der Waals surface area contributed by atoms with Crippen molar-refractivity contribution in [1.82, 2.24) is 10.3 Å². The first kappa shape index (κ1) is 14.1. The Balaban J connectivity index is 1.75. The first-order valence-electron chi connectivity index (χ1n) is 7.14. The fourth-order valence-corrected chi connectivity index (χ4v) is 2.56. The third-order valence-electron chi connectivity index (χ3n) is 3.91. The number of oxazole rings is 1. The van der Waals surface area contributed by atoms with Crippen LogP contribution >= 0.6 is 0 Å². The van der Waals surface area contributed by atoms with E-state index >= 15 is 0 Å². The van der Waals surface area contributed by atoms with Crippen molar-refractivity contribution in [2.75, 3.05) is 6.54 Å². The molecule has 0 spiro atoms. The van der Waals surface area contributed by atoms with Crippen LogP contribution in [-0.4, -0.2) is 17.4 Å². The van der Waals surface area contributed by atoms with Crippen molar-refractivity contribution in [3.8, 4) is 0 Å². The zero-order valence-electron chi connectivity index (χ0n) is 11.5. The number of amides is 1. The van der Waals surface area contributed by atoms with Crippen LogP contribution in [0.4, 0.5) is 0 Å². The van der Waals surface area contributed by atoms with Crippen molar-refractivity contribution in [2.24, 2.45) is 17.6 Å². The Kier molecular flexibility index (Phi) is 4.96. The summed E-state index contributed by atoms with van der Waals surface area (Å²) in [7, 11) is 0. The molecule has 0 unspecified atom stereocenters. The number of hydrogen-bond acceptors (Lipinski definition) is 4. The van der Waals surface area contributed by atoms with Gasteiger partial charge in [-0.15, -0.1) is 0 Å². The zero-order valence-corrected chi connectivity index (χ0v) is 11.5. The molecule has 5 nitrogen and oxygen atoms in total. The van der Waals surface area contributed by atoms with E-state index < -0.39 is 0 Å². The van der Waals surface area contributed by atoms with Crippen LogP contribution in [-0.2, 0) is 17.8 Å². The predicted molar refractivity (Wildman–Crippen MR) is 72.2 cm³/mol. The summed E-state index contributed by atoms with van der Waals surface area (Å²) >= 11 is 0. The minimum absolute atomic E-state index is 0.117. The minimum Gasteiger partial charge on any atom is -0.444 e. The molecule has 0 radical (unpaired) electrons. The SMILES string of the molecule is CCc1cnc(CNC(=O)C2CCC(CN)CC2)o1. The molecule has 2 rings (SSSR count). The average Bonchev–Trinajstić information content (AvgIpc) is 2.93. The van der Waals surface area contributed by atoms with Gasteiger partial charge in [-0.2, -0.15) is 0 Å². The Morgan fingerprint density at radius 3 is 2.79 bits per heavy atom. The second kappa shape index (κ2) is 6.70. The Morgan fingerprint density at radius 1 is 1.47 bits per heavy atom. The molecule has 1 heterocycles. The first-order chi connectivity index (χ1) is 9.22. The lowest BCUT2D eigenvalue weighted by Gasteiger charge is -2.26. The second-order valence-corrected chi connectivity index (χ2v) is 5.25. The van der Waals surface area contributed by atoms with E-state index in [0.29, 0.717) is 18.4 Å². The molecule has 0 atom stereocenters. The van der Waals surface area contributed by atoms with E-state index in [2.05, 4.69) is 10.3 Å². The van der Waals surface area contributed by atoms with E-state index in [-0.39, 0.29) is 11.8 Å². The van der Waals surface area contributed by atoms with Gasteiger partial charge < -0.3 is 15.5 Å². The fourth-order valence-electron chi connectivity index (χ4n) is 2.56. The van der Waals surface area contributed by atoms with Gasteiger partial charge in [0, 0.05) is 12.3 Å². The number of hydrogen-bond donors (Lipinski definition) is 2. The molecule has 1 aromatic heterocycles. The van der Waals surface area contributed by atoms with Crippen LogP contribution in [0.15, 0.2) is 10.6 Å². The highest BCUT2D eigenvalue weighted by Crippen LogP contribution is 2.28. The van der Waals surface area contributed by atoms with Crippen LogP contribution in [0.3, 0.4) is 0 Å². The molecule has 106 valence electrons. The Labute approximate surface area is 114 Å². The quantitative estimate of drug-likeness (QED) is 0.847. The van der Waals surface area contributed by atoms with Gasteiger partial charge in [0.05, 0.1) is 12.7 Å². The summed E-state index contributed by atoms with van der Waals surface area (Å²) in [5, 5.41) is 2.91. The van der Waals surface area contributed by atoms with Gasteiger partial charge in [0.25, 0.3) is 0 Å². The van der Waals surface area contributed by atoms with Gasteiger partial charge in [0.15, 0.2) is 0 Å². The summed E-state index contributed by atoms with van der Waals surface area (Å²) in [5.41, 5.74) is 5.65. The smallest absolute Gasteiger partial charge is 0.223 e. The molecule has 1 amide bonds. The molecule has 0 aromatic carbocycles.